The molecule has 3 heterocycles. The van der Waals surface area contributed by atoms with Crippen molar-refractivity contribution < 1.29 is 0 Å². The first-order valence-electron chi connectivity index (χ1n) is 5.68. The van der Waals surface area contributed by atoms with Gasteiger partial charge >= 0.3 is 0 Å². The molecule has 1 aromatic rings. The number of fused-ring (bicyclic) bond motifs is 1. The van der Waals surface area contributed by atoms with Crippen LogP contribution in [0.4, 0.5) is 11.4 Å². The number of anilines is 2. The highest BCUT2D eigenvalue weighted by atomic mass is 32.2. The number of nitrogens with zero attached hydrogens (tertiary/aromatic N) is 3. The van der Waals surface area contributed by atoms with Crippen LogP contribution in [-0.4, -0.2) is 40.7 Å². The summed E-state index contributed by atoms with van der Waals surface area (Å²) in [7, 11) is 0. The highest BCUT2D eigenvalue weighted by Gasteiger charge is 2.31. The van der Waals surface area contributed by atoms with E-state index in [0.717, 1.165) is 31.0 Å². The van der Waals surface area contributed by atoms with Gasteiger partial charge in [-0.2, -0.15) is 0 Å². The standard InChI is InChI=1S/C11H16N4S/c12-10-7-13-3-1-11(10)14-4-5-15-9(8-14)2-6-16-15/h1,3,7,9H,2,4-6,8,12H2/t9-/m0/s1. The van der Waals surface area contributed by atoms with E-state index in [2.05, 4.69) is 14.2 Å². The summed E-state index contributed by atoms with van der Waals surface area (Å²) in [4.78, 5) is 6.43. The van der Waals surface area contributed by atoms with Crippen molar-refractivity contribution in [2.24, 2.45) is 0 Å². The Hall–Kier alpha value is -0.940. The molecule has 0 bridgehead atoms. The molecular formula is C11H16N4S. The van der Waals surface area contributed by atoms with Crippen LogP contribution in [-0.2, 0) is 0 Å². The lowest BCUT2D eigenvalue weighted by Gasteiger charge is -2.38. The van der Waals surface area contributed by atoms with Crippen molar-refractivity contribution >= 4 is 23.3 Å². The molecule has 0 spiro atoms. The van der Waals surface area contributed by atoms with Crippen LogP contribution in [0.25, 0.3) is 0 Å². The SMILES string of the molecule is Nc1cnccc1N1CCN2SCC[C@H]2C1. The van der Waals surface area contributed by atoms with E-state index in [-0.39, 0.29) is 0 Å². The van der Waals surface area contributed by atoms with Gasteiger partial charge in [-0.05, 0) is 12.5 Å². The fraction of sp³-hybridized carbons (Fsp3) is 0.545. The summed E-state index contributed by atoms with van der Waals surface area (Å²) in [6.45, 7) is 3.30. The Bertz CT molecular complexity index is 384. The van der Waals surface area contributed by atoms with E-state index in [0.29, 0.717) is 6.04 Å². The lowest BCUT2D eigenvalue weighted by atomic mass is 10.1. The largest absolute Gasteiger partial charge is 0.396 e. The fourth-order valence-electron chi connectivity index (χ4n) is 2.46. The van der Waals surface area contributed by atoms with Crippen LogP contribution in [0.5, 0.6) is 0 Å². The molecule has 86 valence electrons. The van der Waals surface area contributed by atoms with Gasteiger partial charge in [0.05, 0.1) is 17.6 Å². The number of piperazine rings is 1. The number of hydrogen-bond donors (Lipinski definition) is 1. The Morgan fingerprint density at radius 3 is 3.25 bits per heavy atom. The van der Waals surface area contributed by atoms with Crippen LogP contribution < -0.4 is 10.6 Å². The molecule has 5 heteroatoms. The summed E-state index contributed by atoms with van der Waals surface area (Å²) in [6.07, 6.45) is 4.86. The normalized spacial score (nSPS) is 25.8. The second-order valence-corrected chi connectivity index (χ2v) is 5.43. The Morgan fingerprint density at radius 1 is 1.44 bits per heavy atom. The zero-order valence-electron chi connectivity index (χ0n) is 9.17. The average Bonchev–Trinajstić information content (AvgIpc) is 2.76. The van der Waals surface area contributed by atoms with E-state index < -0.39 is 0 Å². The molecule has 0 radical (unpaired) electrons. The molecule has 16 heavy (non-hydrogen) atoms. The van der Waals surface area contributed by atoms with Gasteiger partial charge < -0.3 is 10.6 Å². The van der Waals surface area contributed by atoms with Crippen LogP contribution in [0.2, 0.25) is 0 Å². The highest BCUT2D eigenvalue weighted by Crippen LogP contribution is 2.32. The van der Waals surface area contributed by atoms with Crippen molar-refractivity contribution in [2.45, 2.75) is 12.5 Å². The number of pyridine rings is 1. The molecule has 0 saturated carbocycles. The molecule has 2 aliphatic rings. The maximum Gasteiger partial charge on any atom is 0.0738 e. The van der Waals surface area contributed by atoms with Crippen molar-refractivity contribution in [3.63, 3.8) is 0 Å². The van der Waals surface area contributed by atoms with E-state index in [4.69, 9.17) is 5.73 Å². The first-order chi connectivity index (χ1) is 7.84. The van der Waals surface area contributed by atoms with Gasteiger partial charge in [-0.15, -0.1) is 0 Å². The molecule has 2 aliphatic heterocycles. The van der Waals surface area contributed by atoms with E-state index in [1.165, 1.54) is 12.2 Å². The predicted molar refractivity (Wildman–Crippen MR) is 68.4 cm³/mol. The summed E-state index contributed by atoms with van der Waals surface area (Å²) in [5.74, 6) is 1.27. The molecule has 2 fully saturated rings. The van der Waals surface area contributed by atoms with Gasteiger partial charge in [0.1, 0.15) is 0 Å². The summed E-state index contributed by atoms with van der Waals surface area (Å²) in [6, 6.07) is 2.72. The lowest BCUT2D eigenvalue weighted by Crippen LogP contribution is -2.48. The molecule has 4 nitrogen and oxygen atoms in total. The van der Waals surface area contributed by atoms with Crippen LogP contribution >= 0.6 is 11.9 Å². The van der Waals surface area contributed by atoms with E-state index in [1.807, 2.05) is 24.2 Å². The molecule has 3 rings (SSSR count). The molecule has 2 saturated heterocycles. The molecule has 0 aliphatic carbocycles. The third-order valence-electron chi connectivity index (χ3n) is 3.31. The van der Waals surface area contributed by atoms with Crippen molar-refractivity contribution in [1.29, 1.82) is 0 Å². The monoisotopic (exact) mass is 236 g/mol. The minimum absolute atomic E-state index is 0.700. The van der Waals surface area contributed by atoms with E-state index in [9.17, 15) is 0 Å². The molecule has 1 aromatic heterocycles. The van der Waals surface area contributed by atoms with Gasteiger partial charge in [0.15, 0.2) is 0 Å². The quantitative estimate of drug-likeness (QED) is 0.743. The van der Waals surface area contributed by atoms with Gasteiger partial charge in [-0.25, -0.2) is 4.31 Å². The van der Waals surface area contributed by atoms with Gasteiger partial charge in [-0.3, -0.25) is 4.98 Å². The second kappa shape index (κ2) is 4.14. The van der Waals surface area contributed by atoms with Gasteiger partial charge in [-0.1, -0.05) is 11.9 Å². The molecule has 0 unspecified atom stereocenters. The number of hydrogen-bond acceptors (Lipinski definition) is 5. The minimum atomic E-state index is 0.700. The average molecular weight is 236 g/mol. The lowest BCUT2D eigenvalue weighted by molar-refractivity contribution is 0.330. The third-order valence-corrected chi connectivity index (χ3v) is 4.54. The summed E-state index contributed by atoms with van der Waals surface area (Å²) < 4.78 is 2.52. The van der Waals surface area contributed by atoms with Crippen LogP contribution in [0.15, 0.2) is 18.5 Å². The highest BCUT2D eigenvalue weighted by molar-refractivity contribution is 7.97. The fourth-order valence-corrected chi connectivity index (χ4v) is 3.66. The van der Waals surface area contributed by atoms with E-state index >= 15 is 0 Å². The second-order valence-electron chi connectivity index (χ2n) is 4.30. The Morgan fingerprint density at radius 2 is 2.38 bits per heavy atom. The first kappa shape index (κ1) is 10.2. The molecular weight excluding hydrogens is 220 g/mol. The maximum atomic E-state index is 5.97. The van der Waals surface area contributed by atoms with Gasteiger partial charge in [0, 0.05) is 37.6 Å². The van der Waals surface area contributed by atoms with Crippen LogP contribution in [0.3, 0.4) is 0 Å². The van der Waals surface area contributed by atoms with Crippen molar-refractivity contribution in [1.82, 2.24) is 9.29 Å². The summed E-state index contributed by atoms with van der Waals surface area (Å²) in [5.41, 5.74) is 7.90. The Balaban J connectivity index is 1.79. The maximum absolute atomic E-state index is 5.97. The molecule has 2 N–H and O–H groups in total. The minimum Gasteiger partial charge on any atom is -0.396 e. The summed E-state index contributed by atoms with van der Waals surface area (Å²) in [5, 5.41) is 0. The number of aromatic nitrogens is 1. The topological polar surface area (TPSA) is 45.4 Å². The first-order valence-corrected chi connectivity index (χ1v) is 6.63. The number of rotatable bonds is 1. The molecule has 1 atom stereocenters. The molecule has 0 aromatic carbocycles. The predicted octanol–water partition coefficient (Wildman–Crippen LogP) is 1.21. The number of nitrogens with two attached hydrogens (primary N) is 1. The third kappa shape index (κ3) is 1.74. The zero-order chi connectivity index (χ0) is 11.0. The van der Waals surface area contributed by atoms with Gasteiger partial charge in [0.2, 0.25) is 0 Å². The smallest absolute Gasteiger partial charge is 0.0738 e. The van der Waals surface area contributed by atoms with Crippen LogP contribution in [0, 0.1) is 0 Å². The van der Waals surface area contributed by atoms with E-state index in [1.54, 1.807) is 6.20 Å². The van der Waals surface area contributed by atoms with Gasteiger partial charge in [0.25, 0.3) is 0 Å². The number of nitrogen functional groups attached to an aromatic ring is 1. The zero-order valence-corrected chi connectivity index (χ0v) is 9.99. The molecule has 0 amide bonds. The summed E-state index contributed by atoms with van der Waals surface area (Å²) >= 11 is 1.99. The Kier molecular flexibility index (Phi) is 2.65. The van der Waals surface area contributed by atoms with Crippen molar-refractivity contribution in [2.75, 3.05) is 36.0 Å². The van der Waals surface area contributed by atoms with Crippen molar-refractivity contribution in [3.8, 4) is 0 Å². The Labute approximate surface area is 99.9 Å². The van der Waals surface area contributed by atoms with Crippen molar-refractivity contribution in [3.05, 3.63) is 18.5 Å². The van der Waals surface area contributed by atoms with Crippen LogP contribution in [0.1, 0.15) is 6.42 Å².